The minimum atomic E-state index is -0.669. The summed E-state index contributed by atoms with van der Waals surface area (Å²) >= 11 is 0. The molecule has 8 heteroatoms. The molecular weight excluding hydrogens is 312 g/mol. The van der Waals surface area contributed by atoms with Crippen LogP contribution in [0.3, 0.4) is 0 Å². The standard InChI is InChI=1S/C16H18N4O4/c1-10(2)13-6-4-11(3)8-15(13)18-17-14-7-5-12(19(21)22)9-16(14)20(23)24/h5,7-9,17H,4,6H2,1-3H3/b18-15+. The minimum Gasteiger partial charge on any atom is -0.271 e. The Balaban J connectivity index is 2.40. The van der Waals surface area contributed by atoms with Gasteiger partial charge in [-0.3, -0.25) is 25.7 Å². The predicted molar refractivity (Wildman–Crippen MR) is 92.2 cm³/mol. The predicted octanol–water partition coefficient (Wildman–Crippen LogP) is 4.35. The van der Waals surface area contributed by atoms with E-state index >= 15 is 0 Å². The van der Waals surface area contributed by atoms with Crippen LogP contribution in [0.15, 0.2) is 46.1 Å². The summed E-state index contributed by atoms with van der Waals surface area (Å²) in [4.78, 5) is 20.6. The fourth-order valence-corrected chi connectivity index (χ4v) is 2.45. The average Bonchev–Trinajstić information content (AvgIpc) is 2.52. The van der Waals surface area contributed by atoms with E-state index in [1.807, 2.05) is 26.8 Å². The fourth-order valence-electron chi connectivity index (χ4n) is 2.45. The van der Waals surface area contributed by atoms with Gasteiger partial charge in [0, 0.05) is 6.07 Å². The maximum absolute atomic E-state index is 11.1. The molecule has 0 aromatic heterocycles. The highest BCUT2D eigenvalue weighted by Gasteiger charge is 2.20. The molecule has 0 saturated heterocycles. The lowest BCUT2D eigenvalue weighted by Crippen LogP contribution is -2.11. The highest BCUT2D eigenvalue weighted by Crippen LogP contribution is 2.30. The van der Waals surface area contributed by atoms with Crippen LogP contribution in [0.5, 0.6) is 0 Å². The molecule has 0 bridgehead atoms. The Morgan fingerprint density at radius 3 is 2.46 bits per heavy atom. The van der Waals surface area contributed by atoms with E-state index in [9.17, 15) is 20.2 Å². The summed E-state index contributed by atoms with van der Waals surface area (Å²) in [6.07, 6.45) is 3.76. The van der Waals surface area contributed by atoms with E-state index in [2.05, 4.69) is 10.5 Å². The summed E-state index contributed by atoms with van der Waals surface area (Å²) in [6.45, 7) is 5.99. The molecule has 8 nitrogen and oxygen atoms in total. The monoisotopic (exact) mass is 330 g/mol. The fraction of sp³-hybridized carbons (Fsp3) is 0.312. The van der Waals surface area contributed by atoms with Crippen LogP contribution in [0.25, 0.3) is 0 Å². The van der Waals surface area contributed by atoms with Gasteiger partial charge in [0.15, 0.2) is 0 Å². The number of non-ortho nitro benzene ring substituents is 1. The van der Waals surface area contributed by atoms with E-state index in [1.165, 1.54) is 17.7 Å². The number of hydrazone groups is 1. The van der Waals surface area contributed by atoms with E-state index in [1.54, 1.807) is 0 Å². The van der Waals surface area contributed by atoms with E-state index in [0.29, 0.717) is 0 Å². The molecule has 1 aromatic rings. The van der Waals surface area contributed by atoms with Gasteiger partial charge in [0.2, 0.25) is 0 Å². The lowest BCUT2D eigenvalue weighted by molar-refractivity contribution is -0.393. The molecule has 1 N–H and O–H groups in total. The van der Waals surface area contributed by atoms with Crippen LogP contribution in [0.1, 0.15) is 33.6 Å². The number of nitrogens with one attached hydrogen (secondary N) is 1. The third-order valence-corrected chi connectivity index (χ3v) is 3.75. The summed E-state index contributed by atoms with van der Waals surface area (Å²) < 4.78 is 0. The molecule has 126 valence electrons. The van der Waals surface area contributed by atoms with Crippen molar-refractivity contribution in [1.29, 1.82) is 0 Å². The molecule has 0 fully saturated rings. The molecule has 0 saturated carbocycles. The van der Waals surface area contributed by atoms with Gasteiger partial charge in [-0.25, -0.2) is 0 Å². The molecule has 0 radical (unpaired) electrons. The van der Waals surface area contributed by atoms with E-state index < -0.39 is 9.85 Å². The number of rotatable bonds is 4. The Kier molecular flexibility index (Phi) is 5.08. The van der Waals surface area contributed by atoms with Crippen LogP contribution < -0.4 is 5.43 Å². The maximum atomic E-state index is 11.1. The summed E-state index contributed by atoms with van der Waals surface area (Å²) in [6, 6.07) is 3.42. The molecule has 0 heterocycles. The number of hydrogen-bond donors (Lipinski definition) is 1. The Labute approximate surface area is 138 Å². The Hall–Kier alpha value is -3.03. The van der Waals surface area contributed by atoms with Crippen LogP contribution in [0.4, 0.5) is 17.1 Å². The zero-order valence-electron chi connectivity index (χ0n) is 13.7. The average molecular weight is 330 g/mol. The van der Waals surface area contributed by atoms with Crippen LogP contribution >= 0.6 is 0 Å². The second-order valence-electron chi connectivity index (χ2n) is 5.79. The molecule has 0 atom stereocenters. The highest BCUT2D eigenvalue weighted by atomic mass is 16.6. The number of nitro benzene ring substituents is 2. The van der Waals surface area contributed by atoms with Crippen molar-refractivity contribution in [3.05, 3.63) is 61.2 Å². The van der Waals surface area contributed by atoms with Gasteiger partial charge >= 0.3 is 5.69 Å². The van der Waals surface area contributed by atoms with Gasteiger partial charge in [0.1, 0.15) is 5.69 Å². The van der Waals surface area contributed by atoms with Crippen LogP contribution in [-0.2, 0) is 0 Å². The Morgan fingerprint density at radius 1 is 1.17 bits per heavy atom. The molecule has 0 amide bonds. The van der Waals surface area contributed by atoms with Crippen LogP contribution in [0.2, 0.25) is 0 Å². The van der Waals surface area contributed by atoms with E-state index in [4.69, 9.17) is 0 Å². The maximum Gasteiger partial charge on any atom is 0.301 e. The SMILES string of the molecule is CC1=C/C(=N\Nc2ccc([N+](=O)[O-])cc2[N+](=O)[O-])C(=C(C)C)CC1. The zero-order chi connectivity index (χ0) is 17.9. The van der Waals surface area contributed by atoms with Gasteiger partial charge in [0.25, 0.3) is 5.69 Å². The van der Waals surface area contributed by atoms with Gasteiger partial charge < -0.3 is 0 Å². The van der Waals surface area contributed by atoms with Gasteiger partial charge in [-0.05, 0) is 51.3 Å². The van der Waals surface area contributed by atoms with E-state index in [0.717, 1.165) is 35.8 Å². The number of nitro groups is 2. The second-order valence-corrected chi connectivity index (χ2v) is 5.79. The molecule has 1 aromatic carbocycles. The first-order valence-corrected chi connectivity index (χ1v) is 7.40. The molecule has 2 rings (SSSR count). The van der Waals surface area contributed by atoms with Crippen molar-refractivity contribution in [2.75, 3.05) is 5.43 Å². The quantitative estimate of drug-likeness (QED) is 0.651. The molecule has 1 aliphatic carbocycles. The van der Waals surface area contributed by atoms with E-state index in [-0.39, 0.29) is 17.1 Å². The zero-order valence-corrected chi connectivity index (χ0v) is 13.7. The van der Waals surface area contributed by atoms with Gasteiger partial charge in [-0.1, -0.05) is 11.1 Å². The number of allylic oxidation sites excluding steroid dienone is 4. The number of hydrogen-bond acceptors (Lipinski definition) is 6. The van der Waals surface area contributed by atoms with Crippen molar-refractivity contribution in [2.45, 2.75) is 33.6 Å². The van der Waals surface area contributed by atoms with Crippen molar-refractivity contribution in [3.63, 3.8) is 0 Å². The van der Waals surface area contributed by atoms with Crippen molar-refractivity contribution in [1.82, 2.24) is 0 Å². The third-order valence-electron chi connectivity index (χ3n) is 3.75. The smallest absolute Gasteiger partial charge is 0.271 e. The second kappa shape index (κ2) is 7.03. The summed E-state index contributed by atoms with van der Waals surface area (Å²) in [5.41, 5.74) is 6.21. The van der Waals surface area contributed by atoms with Gasteiger partial charge in [-0.2, -0.15) is 5.10 Å². The van der Waals surface area contributed by atoms with Crippen molar-refractivity contribution in [3.8, 4) is 0 Å². The Bertz CT molecular complexity index is 789. The van der Waals surface area contributed by atoms with Gasteiger partial charge in [-0.15, -0.1) is 0 Å². The lowest BCUT2D eigenvalue weighted by atomic mass is 9.91. The first kappa shape index (κ1) is 17.3. The first-order chi connectivity index (χ1) is 11.3. The van der Waals surface area contributed by atoms with Gasteiger partial charge in [0.05, 0.1) is 21.6 Å². The minimum absolute atomic E-state index is 0.114. The number of anilines is 1. The number of benzene rings is 1. The van der Waals surface area contributed by atoms with Crippen molar-refractivity contribution < 1.29 is 9.85 Å². The highest BCUT2D eigenvalue weighted by molar-refractivity contribution is 6.10. The topological polar surface area (TPSA) is 111 Å². The normalized spacial score (nSPS) is 15.9. The molecule has 1 aliphatic rings. The molecule has 0 unspecified atom stereocenters. The first-order valence-electron chi connectivity index (χ1n) is 7.40. The molecule has 0 spiro atoms. The number of nitrogens with zero attached hydrogens (tertiary/aromatic N) is 3. The van der Waals surface area contributed by atoms with Crippen molar-refractivity contribution >= 4 is 22.8 Å². The summed E-state index contributed by atoms with van der Waals surface area (Å²) in [5.74, 6) is 0. The third kappa shape index (κ3) is 3.83. The molecular formula is C16H18N4O4. The van der Waals surface area contributed by atoms with Crippen molar-refractivity contribution in [2.24, 2.45) is 5.10 Å². The van der Waals surface area contributed by atoms with Crippen LogP contribution in [0, 0.1) is 20.2 Å². The molecule has 0 aliphatic heterocycles. The lowest BCUT2D eigenvalue weighted by Gasteiger charge is -2.17. The largest absolute Gasteiger partial charge is 0.301 e. The van der Waals surface area contributed by atoms with Crippen LogP contribution in [-0.4, -0.2) is 15.6 Å². The summed E-state index contributed by atoms with van der Waals surface area (Å²) in [7, 11) is 0. The summed E-state index contributed by atoms with van der Waals surface area (Å²) in [5, 5.41) is 26.2. The Morgan fingerprint density at radius 2 is 1.88 bits per heavy atom. The molecule has 24 heavy (non-hydrogen) atoms.